The molecule has 0 aliphatic carbocycles. The number of methoxy groups -OCH3 is 1. The molecule has 6 rings (SSSR count). The quantitative estimate of drug-likeness (QED) is 0.143. The first kappa shape index (κ1) is 30.9. The van der Waals surface area contributed by atoms with Crippen molar-refractivity contribution >= 4 is 29.3 Å². The first-order valence-electron chi connectivity index (χ1n) is 15.3. The highest BCUT2D eigenvalue weighted by Gasteiger charge is 2.44. The lowest BCUT2D eigenvalue weighted by Crippen LogP contribution is -2.53. The molecule has 0 bridgehead atoms. The third kappa shape index (κ3) is 6.47. The van der Waals surface area contributed by atoms with E-state index in [0.717, 1.165) is 13.1 Å². The van der Waals surface area contributed by atoms with Crippen molar-refractivity contribution in [1.82, 2.24) is 9.80 Å². The maximum atomic E-state index is 13.6. The second-order valence-electron chi connectivity index (χ2n) is 11.3. The summed E-state index contributed by atoms with van der Waals surface area (Å²) >= 11 is 0. The van der Waals surface area contributed by atoms with Gasteiger partial charge < -0.3 is 9.47 Å². The Morgan fingerprint density at radius 2 is 1.35 bits per heavy atom. The maximum Gasteiger partial charge on any atom is 0.338 e. The lowest BCUT2D eigenvalue weighted by molar-refractivity contribution is -0.123. The van der Waals surface area contributed by atoms with Gasteiger partial charge in [0, 0.05) is 26.2 Å². The molecule has 4 aromatic rings. The first-order chi connectivity index (χ1) is 22.4. The minimum atomic E-state index is -0.686. The van der Waals surface area contributed by atoms with Gasteiger partial charge in [-0.1, -0.05) is 72.8 Å². The summed E-state index contributed by atoms with van der Waals surface area (Å²) < 4.78 is 10.4. The molecule has 1 atom stereocenters. The van der Waals surface area contributed by atoms with E-state index in [2.05, 4.69) is 58.3 Å². The molecule has 1 unspecified atom stereocenters. The Hall–Kier alpha value is -5.12. The predicted molar refractivity (Wildman–Crippen MR) is 173 cm³/mol. The average molecular weight is 618 g/mol. The lowest BCUT2D eigenvalue weighted by Gasteiger charge is -2.41. The van der Waals surface area contributed by atoms with Crippen LogP contribution in [0.25, 0.3) is 0 Å². The Morgan fingerprint density at radius 1 is 0.761 bits per heavy atom. The monoisotopic (exact) mass is 617 g/mol. The van der Waals surface area contributed by atoms with Crippen LogP contribution in [0.2, 0.25) is 0 Å². The summed E-state index contributed by atoms with van der Waals surface area (Å²) in [6.45, 7) is 2.38. The Labute approximate surface area is 267 Å². The van der Waals surface area contributed by atoms with Crippen molar-refractivity contribution in [3.63, 3.8) is 0 Å². The normalized spacial score (nSPS) is 17.3. The molecular weight excluding hydrogens is 582 g/mol. The summed E-state index contributed by atoms with van der Waals surface area (Å²) in [6, 6.07) is 33.2. The minimum absolute atomic E-state index is 0.103. The summed E-state index contributed by atoms with van der Waals surface area (Å²) in [7, 11) is 1.46. The highest BCUT2D eigenvalue weighted by molar-refractivity contribution is 6.22. The van der Waals surface area contributed by atoms with Crippen LogP contribution < -0.4 is 9.64 Å². The van der Waals surface area contributed by atoms with Crippen LogP contribution in [0, 0.1) is 0 Å². The second kappa shape index (κ2) is 13.9. The third-order valence-electron chi connectivity index (χ3n) is 8.61. The summed E-state index contributed by atoms with van der Waals surface area (Å²) in [5.74, 6) is -1.22. The van der Waals surface area contributed by atoms with E-state index >= 15 is 0 Å². The van der Waals surface area contributed by atoms with Gasteiger partial charge in [0.05, 0.1) is 42.4 Å². The van der Waals surface area contributed by atoms with Gasteiger partial charge in [0.1, 0.15) is 5.75 Å². The number of Topliss-reactive ketones (excluding diaryl/α,β-unsaturated/α-hetero) is 1. The van der Waals surface area contributed by atoms with Gasteiger partial charge in [0.2, 0.25) is 11.7 Å². The fraction of sp³-hybridized carbons (Fsp3) is 0.243. The molecule has 2 heterocycles. The second-order valence-corrected chi connectivity index (χ2v) is 11.3. The van der Waals surface area contributed by atoms with E-state index < -0.39 is 24.4 Å². The lowest BCUT2D eigenvalue weighted by atomic mass is 9.96. The minimum Gasteiger partial charge on any atom is -0.496 e. The molecule has 46 heavy (non-hydrogen) atoms. The molecule has 2 saturated heterocycles. The SMILES string of the molecule is COc1ccccc1C(=O)COC(=O)c1ccc(N2C(=O)CC(N3CCN(C(c4ccccc4)c4ccccc4)CC3)C2=O)cc1. The number of hydrogen-bond acceptors (Lipinski definition) is 8. The Morgan fingerprint density at radius 3 is 1.96 bits per heavy atom. The number of hydrogen-bond donors (Lipinski definition) is 0. The van der Waals surface area contributed by atoms with E-state index in [4.69, 9.17) is 9.47 Å². The molecule has 2 fully saturated rings. The summed E-state index contributed by atoms with van der Waals surface area (Å²) in [4.78, 5) is 57.6. The number of nitrogens with zero attached hydrogens (tertiary/aromatic N) is 3. The molecule has 0 saturated carbocycles. The zero-order valence-corrected chi connectivity index (χ0v) is 25.6. The zero-order valence-electron chi connectivity index (χ0n) is 25.6. The van der Waals surface area contributed by atoms with Crippen LogP contribution in [-0.2, 0) is 14.3 Å². The molecule has 2 aliphatic rings. The largest absolute Gasteiger partial charge is 0.496 e. The standard InChI is InChI=1S/C37H35N3O6/c1-45-33-15-9-8-14-30(33)32(41)25-46-37(44)28-16-18-29(19-17-28)40-34(42)24-31(36(40)43)38-20-22-39(23-21-38)35(26-10-4-2-5-11-26)27-12-6-3-7-13-27/h2-19,31,35H,20-25H2,1H3. The zero-order chi connectivity index (χ0) is 32.0. The average Bonchev–Trinajstić information content (AvgIpc) is 3.41. The summed E-state index contributed by atoms with van der Waals surface area (Å²) in [6.07, 6.45) is 0.106. The molecule has 2 aliphatic heterocycles. The van der Waals surface area contributed by atoms with Gasteiger partial charge in [-0.2, -0.15) is 0 Å². The van der Waals surface area contributed by atoms with Crippen molar-refractivity contribution in [2.24, 2.45) is 0 Å². The molecule has 0 radical (unpaired) electrons. The van der Waals surface area contributed by atoms with Crippen molar-refractivity contribution in [1.29, 1.82) is 0 Å². The van der Waals surface area contributed by atoms with Gasteiger partial charge in [-0.15, -0.1) is 0 Å². The van der Waals surface area contributed by atoms with Crippen molar-refractivity contribution in [2.75, 3.05) is 44.8 Å². The van der Waals surface area contributed by atoms with Crippen LogP contribution in [-0.4, -0.2) is 79.3 Å². The number of esters is 1. The van der Waals surface area contributed by atoms with Crippen LogP contribution in [0.4, 0.5) is 5.69 Å². The van der Waals surface area contributed by atoms with Crippen LogP contribution in [0.15, 0.2) is 109 Å². The maximum absolute atomic E-state index is 13.6. The van der Waals surface area contributed by atoms with Crippen LogP contribution in [0.5, 0.6) is 5.75 Å². The molecule has 0 aromatic heterocycles. The fourth-order valence-corrected chi connectivity index (χ4v) is 6.28. The van der Waals surface area contributed by atoms with E-state index in [9.17, 15) is 19.2 Å². The van der Waals surface area contributed by atoms with Crippen molar-refractivity contribution < 1.29 is 28.7 Å². The smallest absolute Gasteiger partial charge is 0.338 e. The molecule has 9 nitrogen and oxygen atoms in total. The van der Waals surface area contributed by atoms with E-state index in [-0.39, 0.29) is 29.8 Å². The number of carbonyl (C=O) groups excluding carboxylic acids is 4. The van der Waals surface area contributed by atoms with Crippen molar-refractivity contribution in [2.45, 2.75) is 18.5 Å². The molecule has 2 amide bonds. The predicted octanol–water partition coefficient (Wildman–Crippen LogP) is 4.77. The third-order valence-corrected chi connectivity index (χ3v) is 8.61. The summed E-state index contributed by atoms with van der Waals surface area (Å²) in [5, 5.41) is 0. The first-order valence-corrected chi connectivity index (χ1v) is 15.3. The number of rotatable bonds is 10. The van der Waals surface area contributed by atoms with Gasteiger partial charge >= 0.3 is 5.97 Å². The number of imide groups is 1. The van der Waals surface area contributed by atoms with Gasteiger partial charge in [0.25, 0.3) is 5.91 Å². The van der Waals surface area contributed by atoms with Crippen molar-refractivity contribution in [3.05, 3.63) is 131 Å². The highest BCUT2D eigenvalue weighted by Crippen LogP contribution is 2.32. The number of benzene rings is 4. The van der Waals surface area contributed by atoms with Gasteiger partial charge in [-0.25, -0.2) is 9.69 Å². The fourth-order valence-electron chi connectivity index (χ4n) is 6.28. The van der Waals surface area contributed by atoms with E-state index in [0.29, 0.717) is 30.1 Å². The topological polar surface area (TPSA) is 96.5 Å². The number of carbonyl (C=O) groups is 4. The highest BCUT2D eigenvalue weighted by atomic mass is 16.5. The van der Waals surface area contributed by atoms with E-state index in [1.165, 1.54) is 35.3 Å². The number of amides is 2. The molecular formula is C37H35N3O6. The van der Waals surface area contributed by atoms with E-state index in [1.54, 1.807) is 36.4 Å². The summed E-state index contributed by atoms with van der Waals surface area (Å²) in [5.41, 5.74) is 3.36. The van der Waals surface area contributed by atoms with Gasteiger partial charge in [0.15, 0.2) is 6.61 Å². The Bertz CT molecular complexity index is 1660. The number of anilines is 1. The number of ketones is 1. The molecule has 234 valence electrons. The molecule has 4 aromatic carbocycles. The number of para-hydroxylation sites is 1. The van der Waals surface area contributed by atoms with Crippen molar-refractivity contribution in [3.8, 4) is 5.75 Å². The van der Waals surface area contributed by atoms with Crippen LogP contribution in [0.3, 0.4) is 0 Å². The van der Waals surface area contributed by atoms with Crippen LogP contribution >= 0.6 is 0 Å². The molecule has 0 spiro atoms. The van der Waals surface area contributed by atoms with Crippen LogP contribution in [0.1, 0.15) is 44.3 Å². The molecule has 9 heteroatoms. The molecule has 0 N–H and O–H groups in total. The Balaban J connectivity index is 1.07. The van der Waals surface area contributed by atoms with Gasteiger partial charge in [-0.05, 0) is 47.5 Å². The van der Waals surface area contributed by atoms with E-state index in [1.807, 2.05) is 12.1 Å². The number of ether oxygens (including phenoxy) is 2. The van der Waals surface area contributed by atoms with Gasteiger partial charge in [-0.3, -0.25) is 24.2 Å². The number of piperazine rings is 1. The Kier molecular flexibility index (Phi) is 9.33.